The second-order valence-corrected chi connectivity index (χ2v) is 9.70. The lowest BCUT2D eigenvalue weighted by Gasteiger charge is -2.22. The van der Waals surface area contributed by atoms with Crippen LogP contribution in [0.1, 0.15) is 46.4 Å². The first kappa shape index (κ1) is 26.5. The third-order valence-electron chi connectivity index (χ3n) is 5.03. The Labute approximate surface area is 216 Å². The maximum atomic E-state index is 12.8. The van der Waals surface area contributed by atoms with Crippen molar-refractivity contribution in [3.63, 3.8) is 0 Å². The molecule has 2 amide bonds. The highest BCUT2D eigenvalue weighted by molar-refractivity contribution is 7.99. The van der Waals surface area contributed by atoms with Crippen molar-refractivity contribution >= 4 is 58.4 Å². The summed E-state index contributed by atoms with van der Waals surface area (Å²) in [6, 6.07) is 10.1. The number of aromatic carboxylic acids is 1. The highest BCUT2D eigenvalue weighted by Crippen LogP contribution is 2.26. The second kappa shape index (κ2) is 11.6. The van der Waals surface area contributed by atoms with Crippen molar-refractivity contribution in [3.8, 4) is 0 Å². The minimum absolute atomic E-state index is 0.000421. The molecule has 9 nitrogen and oxygen atoms in total. The molecule has 184 valence electrons. The molecule has 0 aliphatic heterocycles. The van der Waals surface area contributed by atoms with Crippen LogP contribution in [0.3, 0.4) is 0 Å². The number of halogens is 2. The summed E-state index contributed by atoms with van der Waals surface area (Å²) >= 11 is 13.2. The van der Waals surface area contributed by atoms with Gasteiger partial charge in [0, 0.05) is 18.3 Å². The number of benzene rings is 2. The van der Waals surface area contributed by atoms with E-state index in [1.165, 1.54) is 42.1 Å². The molecule has 1 aromatic heterocycles. The van der Waals surface area contributed by atoms with E-state index in [-0.39, 0.29) is 34.1 Å². The molecule has 0 fully saturated rings. The van der Waals surface area contributed by atoms with Crippen molar-refractivity contribution in [2.24, 2.45) is 13.0 Å². The van der Waals surface area contributed by atoms with E-state index in [9.17, 15) is 14.4 Å². The van der Waals surface area contributed by atoms with Gasteiger partial charge in [-0.15, -0.1) is 10.2 Å². The van der Waals surface area contributed by atoms with E-state index in [0.29, 0.717) is 27.3 Å². The van der Waals surface area contributed by atoms with Gasteiger partial charge in [0.05, 0.1) is 27.4 Å². The molecule has 3 aromatic rings. The fourth-order valence-electron chi connectivity index (χ4n) is 3.14. The molecule has 0 saturated carbocycles. The zero-order valence-electron chi connectivity index (χ0n) is 19.1. The summed E-state index contributed by atoms with van der Waals surface area (Å²) < 4.78 is 1.74. The zero-order chi connectivity index (χ0) is 25.7. The van der Waals surface area contributed by atoms with E-state index < -0.39 is 12.0 Å². The summed E-state index contributed by atoms with van der Waals surface area (Å²) in [5, 5.41) is 24.2. The Balaban J connectivity index is 1.65. The van der Waals surface area contributed by atoms with Crippen molar-refractivity contribution in [3.05, 3.63) is 69.5 Å². The Morgan fingerprint density at radius 3 is 2.29 bits per heavy atom. The van der Waals surface area contributed by atoms with Crippen molar-refractivity contribution in [2.45, 2.75) is 25.0 Å². The second-order valence-electron chi connectivity index (χ2n) is 7.94. The summed E-state index contributed by atoms with van der Waals surface area (Å²) in [7, 11) is 1.76. The van der Waals surface area contributed by atoms with Crippen LogP contribution in [-0.4, -0.2) is 43.4 Å². The summed E-state index contributed by atoms with van der Waals surface area (Å²) in [5.41, 5.74) is 0.994. The van der Waals surface area contributed by atoms with Crippen LogP contribution in [0.25, 0.3) is 0 Å². The van der Waals surface area contributed by atoms with Crippen LogP contribution in [0.5, 0.6) is 0 Å². The van der Waals surface area contributed by atoms with Crippen molar-refractivity contribution in [2.75, 3.05) is 11.1 Å². The van der Waals surface area contributed by atoms with Gasteiger partial charge in [-0.2, -0.15) is 0 Å². The van der Waals surface area contributed by atoms with Gasteiger partial charge in [-0.3, -0.25) is 9.59 Å². The molecule has 3 rings (SSSR count). The molecule has 35 heavy (non-hydrogen) atoms. The lowest BCUT2D eigenvalue weighted by molar-refractivity contribution is -0.113. The first-order valence-corrected chi connectivity index (χ1v) is 12.2. The summed E-state index contributed by atoms with van der Waals surface area (Å²) in [6.07, 6.45) is 0. The van der Waals surface area contributed by atoms with Gasteiger partial charge >= 0.3 is 5.97 Å². The summed E-state index contributed by atoms with van der Waals surface area (Å²) in [4.78, 5) is 36.1. The Morgan fingerprint density at radius 1 is 1.03 bits per heavy atom. The topological polar surface area (TPSA) is 126 Å². The number of anilines is 1. The summed E-state index contributed by atoms with van der Waals surface area (Å²) in [5.74, 6) is -1.04. The Hall–Kier alpha value is -3.08. The predicted molar refractivity (Wildman–Crippen MR) is 135 cm³/mol. The average Bonchev–Trinajstić information content (AvgIpc) is 3.17. The SMILES string of the molecule is CC(C)[C@@H](NC(=O)c1ccc(Cl)c(Cl)c1)c1nnc(SCC(=O)Nc2ccc(C(=O)O)cc2)n1C. The molecule has 3 N–H and O–H groups in total. The zero-order valence-corrected chi connectivity index (χ0v) is 21.4. The van der Waals surface area contributed by atoms with Crippen molar-refractivity contribution in [1.29, 1.82) is 0 Å². The fraction of sp³-hybridized carbons (Fsp3) is 0.261. The van der Waals surface area contributed by atoms with Gasteiger partial charge in [0.15, 0.2) is 11.0 Å². The minimum Gasteiger partial charge on any atom is -0.478 e. The Bertz CT molecular complexity index is 1250. The number of carboxylic acid groups (broad SMARTS) is 1. The van der Waals surface area contributed by atoms with Crippen LogP contribution < -0.4 is 10.6 Å². The van der Waals surface area contributed by atoms with Crippen LogP contribution in [0.2, 0.25) is 10.0 Å². The maximum absolute atomic E-state index is 12.8. The monoisotopic (exact) mass is 535 g/mol. The van der Waals surface area contributed by atoms with Gasteiger partial charge in [0.25, 0.3) is 5.91 Å². The standard InChI is InChI=1S/C23H23Cl2N5O4S/c1-12(2)19(27-21(32)14-6-9-16(24)17(25)10-14)20-28-29-23(30(20)3)35-11-18(31)26-15-7-4-13(5-8-15)22(33)34/h4-10,12,19H,11H2,1-3H3,(H,26,31)(H,27,32)(H,33,34)/t19-/m1/s1. The van der Waals surface area contributed by atoms with Gasteiger partial charge < -0.3 is 20.3 Å². The number of hydrogen-bond acceptors (Lipinski definition) is 6. The van der Waals surface area contributed by atoms with Crippen molar-refractivity contribution in [1.82, 2.24) is 20.1 Å². The Kier molecular flexibility index (Phi) is 8.76. The van der Waals surface area contributed by atoms with E-state index in [1.807, 2.05) is 13.8 Å². The number of rotatable bonds is 9. The lowest BCUT2D eigenvalue weighted by atomic mass is 10.0. The van der Waals surface area contributed by atoms with Crippen LogP contribution in [0.15, 0.2) is 47.6 Å². The maximum Gasteiger partial charge on any atom is 0.335 e. The molecule has 1 atom stereocenters. The van der Waals surface area contributed by atoms with E-state index in [2.05, 4.69) is 20.8 Å². The number of aromatic nitrogens is 3. The first-order valence-electron chi connectivity index (χ1n) is 10.5. The molecular formula is C23H23Cl2N5O4S. The van der Waals surface area contributed by atoms with Gasteiger partial charge in [-0.25, -0.2) is 4.79 Å². The molecule has 1 heterocycles. The molecular weight excluding hydrogens is 513 g/mol. The largest absolute Gasteiger partial charge is 0.478 e. The van der Waals surface area contributed by atoms with Gasteiger partial charge in [0.2, 0.25) is 5.91 Å². The predicted octanol–water partition coefficient (Wildman–Crippen LogP) is 4.68. The highest BCUT2D eigenvalue weighted by Gasteiger charge is 2.25. The van der Waals surface area contributed by atoms with Crippen LogP contribution >= 0.6 is 35.0 Å². The number of hydrogen-bond donors (Lipinski definition) is 3. The third kappa shape index (κ3) is 6.74. The molecule has 0 spiro atoms. The van der Waals surface area contributed by atoms with Gasteiger partial charge in [0.1, 0.15) is 0 Å². The minimum atomic E-state index is -1.04. The average molecular weight is 536 g/mol. The molecule has 0 saturated heterocycles. The molecule has 0 bridgehead atoms. The Morgan fingerprint density at radius 2 is 1.69 bits per heavy atom. The van der Waals surface area contributed by atoms with E-state index in [0.717, 1.165) is 0 Å². The molecule has 0 unspecified atom stereocenters. The molecule has 2 aromatic carbocycles. The number of carbonyl (C=O) groups is 3. The highest BCUT2D eigenvalue weighted by atomic mass is 35.5. The number of nitrogens with one attached hydrogen (secondary N) is 2. The normalized spacial score (nSPS) is 11.8. The molecule has 0 aliphatic rings. The van der Waals surface area contributed by atoms with E-state index in [1.54, 1.807) is 23.7 Å². The third-order valence-corrected chi connectivity index (χ3v) is 6.79. The van der Waals surface area contributed by atoms with E-state index >= 15 is 0 Å². The fourth-order valence-corrected chi connectivity index (χ4v) is 4.15. The van der Waals surface area contributed by atoms with Crippen LogP contribution in [0.4, 0.5) is 5.69 Å². The summed E-state index contributed by atoms with van der Waals surface area (Å²) in [6.45, 7) is 3.90. The first-order chi connectivity index (χ1) is 16.6. The van der Waals surface area contributed by atoms with E-state index in [4.69, 9.17) is 28.3 Å². The number of thioether (sulfide) groups is 1. The lowest BCUT2D eigenvalue weighted by Crippen LogP contribution is -2.33. The molecule has 0 radical (unpaired) electrons. The smallest absolute Gasteiger partial charge is 0.335 e. The number of carboxylic acids is 1. The van der Waals surface area contributed by atoms with Crippen LogP contribution in [0, 0.1) is 5.92 Å². The number of nitrogens with zero attached hydrogens (tertiary/aromatic N) is 3. The quantitative estimate of drug-likeness (QED) is 0.339. The number of amides is 2. The van der Waals surface area contributed by atoms with Crippen molar-refractivity contribution < 1.29 is 19.5 Å². The molecule has 12 heteroatoms. The van der Waals surface area contributed by atoms with Gasteiger partial charge in [-0.1, -0.05) is 48.8 Å². The van der Waals surface area contributed by atoms with Gasteiger partial charge in [-0.05, 0) is 48.4 Å². The molecule has 0 aliphatic carbocycles. The number of carbonyl (C=O) groups excluding carboxylic acids is 2. The van der Waals surface area contributed by atoms with Crippen LogP contribution in [-0.2, 0) is 11.8 Å².